The molecule has 1 aromatic heterocycles. The first-order valence-electron chi connectivity index (χ1n) is 5.34. The molecular weight excluding hydrogens is 241 g/mol. The number of aromatic nitrogens is 1. The van der Waals surface area contributed by atoms with Gasteiger partial charge in [0.2, 0.25) is 0 Å². The van der Waals surface area contributed by atoms with Gasteiger partial charge in [0.15, 0.2) is 0 Å². The van der Waals surface area contributed by atoms with E-state index in [4.69, 9.17) is 5.73 Å². The molecule has 2 N–H and O–H groups in total. The van der Waals surface area contributed by atoms with E-state index < -0.39 is 11.9 Å². The van der Waals surface area contributed by atoms with Crippen LogP contribution in [0.5, 0.6) is 0 Å². The van der Waals surface area contributed by atoms with Crippen molar-refractivity contribution in [2.24, 2.45) is 5.73 Å². The van der Waals surface area contributed by atoms with Gasteiger partial charge in [-0.15, -0.1) is 0 Å². The van der Waals surface area contributed by atoms with Gasteiger partial charge < -0.3 is 5.73 Å². The number of nitrogens with two attached hydrogens (primary N) is 1. The van der Waals surface area contributed by atoms with Crippen molar-refractivity contribution in [1.29, 1.82) is 0 Å². The molecule has 0 atom stereocenters. The molecule has 0 saturated heterocycles. The molecule has 0 aliphatic rings. The van der Waals surface area contributed by atoms with Crippen molar-refractivity contribution in [3.05, 3.63) is 53.9 Å². The molecule has 5 heteroatoms. The number of hydrogen-bond donors (Lipinski definition) is 1. The SMILES string of the molecule is NCc1ccccc1-c1ccc(C(F)(F)F)nc1. The summed E-state index contributed by atoms with van der Waals surface area (Å²) in [4.78, 5) is 3.44. The minimum Gasteiger partial charge on any atom is -0.326 e. The molecule has 0 fully saturated rings. The molecule has 0 radical (unpaired) electrons. The van der Waals surface area contributed by atoms with Crippen molar-refractivity contribution in [3.63, 3.8) is 0 Å². The zero-order chi connectivity index (χ0) is 13.2. The Labute approximate surface area is 102 Å². The average molecular weight is 252 g/mol. The molecule has 0 bridgehead atoms. The Morgan fingerprint density at radius 3 is 2.33 bits per heavy atom. The predicted octanol–water partition coefficient (Wildman–Crippen LogP) is 3.23. The van der Waals surface area contributed by atoms with E-state index in [1.807, 2.05) is 24.3 Å². The summed E-state index contributed by atoms with van der Waals surface area (Å²) in [5.74, 6) is 0. The van der Waals surface area contributed by atoms with Gasteiger partial charge >= 0.3 is 6.18 Å². The first kappa shape index (κ1) is 12.6. The highest BCUT2D eigenvalue weighted by molar-refractivity contribution is 5.66. The second kappa shape index (κ2) is 4.78. The van der Waals surface area contributed by atoms with Crippen molar-refractivity contribution in [2.45, 2.75) is 12.7 Å². The first-order chi connectivity index (χ1) is 8.52. The van der Waals surface area contributed by atoms with E-state index >= 15 is 0 Å². The third-order valence-electron chi connectivity index (χ3n) is 2.60. The van der Waals surface area contributed by atoms with Crippen molar-refractivity contribution in [1.82, 2.24) is 4.98 Å². The third-order valence-corrected chi connectivity index (χ3v) is 2.60. The van der Waals surface area contributed by atoms with Crippen molar-refractivity contribution < 1.29 is 13.2 Å². The summed E-state index contributed by atoms with van der Waals surface area (Å²) in [6.07, 6.45) is -3.19. The van der Waals surface area contributed by atoms with Crippen molar-refractivity contribution in [2.75, 3.05) is 0 Å². The molecular formula is C13H11F3N2. The van der Waals surface area contributed by atoms with Crippen LogP contribution < -0.4 is 5.73 Å². The molecule has 2 rings (SSSR count). The predicted molar refractivity (Wildman–Crippen MR) is 62.6 cm³/mol. The van der Waals surface area contributed by atoms with Crippen LogP contribution in [-0.2, 0) is 12.7 Å². The van der Waals surface area contributed by atoms with Crippen LogP contribution in [0.3, 0.4) is 0 Å². The third kappa shape index (κ3) is 2.51. The normalized spacial score (nSPS) is 11.6. The van der Waals surface area contributed by atoms with E-state index in [2.05, 4.69) is 4.98 Å². The number of pyridine rings is 1. The maximum absolute atomic E-state index is 12.4. The smallest absolute Gasteiger partial charge is 0.326 e. The van der Waals surface area contributed by atoms with Crippen LogP contribution in [0.1, 0.15) is 11.3 Å². The fourth-order valence-corrected chi connectivity index (χ4v) is 1.70. The lowest BCUT2D eigenvalue weighted by atomic mass is 10.0. The monoisotopic (exact) mass is 252 g/mol. The topological polar surface area (TPSA) is 38.9 Å². The minimum absolute atomic E-state index is 0.331. The highest BCUT2D eigenvalue weighted by atomic mass is 19.4. The number of rotatable bonds is 2. The Morgan fingerprint density at radius 2 is 1.78 bits per heavy atom. The molecule has 0 aliphatic heterocycles. The van der Waals surface area contributed by atoms with Crippen LogP contribution in [0, 0.1) is 0 Å². The van der Waals surface area contributed by atoms with E-state index in [1.165, 1.54) is 12.3 Å². The number of benzene rings is 1. The highest BCUT2D eigenvalue weighted by Gasteiger charge is 2.32. The van der Waals surface area contributed by atoms with Crippen LogP contribution in [0.4, 0.5) is 13.2 Å². The van der Waals surface area contributed by atoms with Gasteiger partial charge in [-0.1, -0.05) is 30.3 Å². The van der Waals surface area contributed by atoms with Gasteiger partial charge in [0.1, 0.15) is 5.69 Å². The second-order valence-electron chi connectivity index (χ2n) is 3.79. The Balaban J connectivity index is 2.41. The number of alkyl halides is 3. The first-order valence-corrected chi connectivity index (χ1v) is 5.34. The Morgan fingerprint density at radius 1 is 1.06 bits per heavy atom. The van der Waals surface area contributed by atoms with Gasteiger partial charge in [0.05, 0.1) is 0 Å². The van der Waals surface area contributed by atoms with Crippen molar-refractivity contribution in [3.8, 4) is 11.1 Å². The van der Waals surface area contributed by atoms with E-state index in [1.54, 1.807) is 0 Å². The summed E-state index contributed by atoms with van der Waals surface area (Å²) in [6.45, 7) is 0.331. The summed E-state index contributed by atoms with van der Waals surface area (Å²) in [5.41, 5.74) is 7.00. The van der Waals surface area contributed by atoms with E-state index in [0.29, 0.717) is 12.1 Å². The Hall–Kier alpha value is -1.88. The molecule has 2 nitrogen and oxygen atoms in total. The van der Waals surface area contributed by atoms with Gasteiger partial charge in [0, 0.05) is 18.3 Å². The molecule has 0 spiro atoms. The summed E-state index contributed by atoms with van der Waals surface area (Å²) < 4.78 is 37.2. The largest absolute Gasteiger partial charge is 0.433 e. The molecule has 0 saturated carbocycles. The minimum atomic E-state index is -4.41. The molecule has 1 heterocycles. The number of hydrogen-bond acceptors (Lipinski definition) is 2. The zero-order valence-corrected chi connectivity index (χ0v) is 9.41. The lowest BCUT2D eigenvalue weighted by Crippen LogP contribution is -2.07. The summed E-state index contributed by atoms with van der Waals surface area (Å²) in [6, 6.07) is 9.68. The second-order valence-corrected chi connectivity index (χ2v) is 3.79. The summed E-state index contributed by atoms with van der Waals surface area (Å²) in [5, 5.41) is 0. The average Bonchev–Trinajstić information content (AvgIpc) is 2.38. The number of halogens is 3. The quantitative estimate of drug-likeness (QED) is 0.891. The van der Waals surface area contributed by atoms with Crippen LogP contribution >= 0.6 is 0 Å². The lowest BCUT2D eigenvalue weighted by Gasteiger charge is -2.09. The highest BCUT2D eigenvalue weighted by Crippen LogP contribution is 2.29. The van der Waals surface area contributed by atoms with E-state index in [0.717, 1.165) is 17.2 Å². The summed E-state index contributed by atoms with van der Waals surface area (Å²) >= 11 is 0. The molecule has 94 valence electrons. The van der Waals surface area contributed by atoms with Crippen LogP contribution in [-0.4, -0.2) is 4.98 Å². The fraction of sp³-hybridized carbons (Fsp3) is 0.154. The van der Waals surface area contributed by atoms with Gasteiger partial charge in [-0.3, -0.25) is 4.98 Å². The van der Waals surface area contributed by atoms with Gasteiger partial charge in [0.25, 0.3) is 0 Å². The lowest BCUT2D eigenvalue weighted by molar-refractivity contribution is -0.141. The standard InChI is InChI=1S/C13H11F3N2/c14-13(15,16)12-6-5-10(8-18-12)11-4-2-1-3-9(11)7-17/h1-6,8H,7,17H2. The van der Waals surface area contributed by atoms with E-state index in [9.17, 15) is 13.2 Å². The molecule has 2 aromatic rings. The van der Waals surface area contributed by atoms with Crippen LogP contribution in [0.2, 0.25) is 0 Å². The Bertz CT molecular complexity index is 533. The molecule has 18 heavy (non-hydrogen) atoms. The maximum atomic E-state index is 12.4. The van der Waals surface area contributed by atoms with Crippen LogP contribution in [0.25, 0.3) is 11.1 Å². The zero-order valence-electron chi connectivity index (χ0n) is 9.41. The molecule has 0 unspecified atom stereocenters. The molecule has 0 aliphatic carbocycles. The summed E-state index contributed by atoms with van der Waals surface area (Å²) in [7, 11) is 0. The van der Waals surface area contributed by atoms with Crippen molar-refractivity contribution >= 4 is 0 Å². The fourth-order valence-electron chi connectivity index (χ4n) is 1.70. The maximum Gasteiger partial charge on any atom is 0.433 e. The molecule has 1 aromatic carbocycles. The van der Waals surface area contributed by atoms with Gasteiger partial charge in [-0.25, -0.2) is 0 Å². The van der Waals surface area contributed by atoms with E-state index in [-0.39, 0.29) is 0 Å². The van der Waals surface area contributed by atoms with Gasteiger partial charge in [-0.05, 0) is 17.2 Å². The number of nitrogens with zero attached hydrogens (tertiary/aromatic N) is 1. The molecule has 0 amide bonds. The van der Waals surface area contributed by atoms with Crippen LogP contribution in [0.15, 0.2) is 42.6 Å². The van der Waals surface area contributed by atoms with Gasteiger partial charge in [-0.2, -0.15) is 13.2 Å². The Kier molecular flexibility index (Phi) is 3.34.